The number of nitrogens with zero attached hydrogens (tertiary/aromatic N) is 1. The number of fused-ring (bicyclic) bond motifs is 1. The lowest BCUT2D eigenvalue weighted by atomic mass is 10.1. The number of hydrogen-bond donors (Lipinski definition) is 1. The first-order chi connectivity index (χ1) is 8.47. The van der Waals surface area contributed by atoms with E-state index in [0.717, 1.165) is 4.57 Å². The number of aromatic hydroxyl groups is 1. The second-order valence-electron chi connectivity index (χ2n) is 3.99. The van der Waals surface area contributed by atoms with Crippen LogP contribution < -0.4 is 4.74 Å². The zero-order valence-corrected chi connectivity index (χ0v) is 10.4. The van der Waals surface area contributed by atoms with Gasteiger partial charge in [0.1, 0.15) is 5.75 Å². The molecule has 0 saturated carbocycles. The molecule has 0 bridgehead atoms. The SMILES string of the molecule is COc1ccc2c(C(C)=O)c(O)n(C(C)=O)c2c1. The standard InChI is InChI=1S/C13H13NO4/c1-7(15)12-10-5-4-9(18-3)6-11(10)14(8(2)16)13(12)17/h4-6,17H,1-3H3. The van der Waals surface area contributed by atoms with E-state index >= 15 is 0 Å². The molecule has 1 heterocycles. The molecule has 0 aliphatic heterocycles. The van der Waals surface area contributed by atoms with Gasteiger partial charge in [-0.05, 0) is 19.1 Å². The number of carbonyl (C=O) groups is 2. The topological polar surface area (TPSA) is 68.5 Å². The van der Waals surface area contributed by atoms with Gasteiger partial charge in [-0.3, -0.25) is 9.59 Å². The molecule has 0 aliphatic carbocycles. The van der Waals surface area contributed by atoms with E-state index in [-0.39, 0.29) is 23.1 Å². The lowest BCUT2D eigenvalue weighted by molar-refractivity contribution is 0.0933. The van der Waals surface area contributed by atoms with Gasteiger partial charge in [0, 0.05) is 18.4 Å². The number of ketones is 1. The minimum Gasteiger partial charge on any atom is -0.497 e. The Morgan fingerprint density at radius 1 is 1.28 bits per heavy atom. The summed E-state index contributed by atoms with van der Waals surface area (Å²) < 4.78 is 6.18. The van der Waals surface area contributed by atoms with Crippen LogP contribution in [0.2, 0.25) is 0 Å². The second-order valence-corrected chi connectivity index (χ2v) is 3.99. The third kappa shape index (κ3) is 1.64. The number of aromatic nitrogens is 1. The molecular formula is C13H13NO4. The Morgan fingerprint density at radius 3 is 2.44 bits per heavy atom. The molecule has 5 heteroatoms. The van der Waals surface area contributed by atoms with E-state index in [0.29, 0.717) is 16.7 Å². The molecule has 5 nitrogen and oxygen atoms in total. The molecule has 0 radical (unpaired) electrons. The van der Waals surface area contributed by atoms with Gasteiger partial charge in [0.2, 0.25) is 11.8 Å². The highest BCUT2D eigenvalue weighted by Gasteiger charge is 2.22. The fourth-order valence-corrected chi connectivity index (χ4v) is 2.05. The lowest BCUT2D eigenvalue weighted by Crippen LogP contribution is -2.04. The first-order valence-corrected chi connectivity index (χ1v) is 5.40. The lowest BCUT2D eigenvalue weighted by Gasteiger charge is -2.02. The fourth-order valence-electron chi connectivity index (χ4n) is 2.05. The van der Waals surface area contributed by atoms with E-state index in [2.05, 4.69) is 0 Å². The fraction of sp³-hybridized carbons (Fsp3) is 0.231. The molecule has 0 unspecified atom stereocenters. The Morgan fingerprint density at radius 2 is 1.94 bits per heavy atom. The van der Waals surface area contributed by atoms with Crippen molar-refractivity contribution in [3.05, 3.63) is 23.8 Å². The summed E-state index contributed by atoms with van der Waals surface area (Å²) in [6.07, 6.45) is 0. The molecule has 1 aromatic heterocycles. The summed E-state index contributed by atoms with van der Waals surface area (Å²) in [5.41, 5.74) is 0.618. The van der Waals surface area contributed by atoms with Crippen LogP contribution in [0.25, 0.3) is 10.9 Å². The maximum atomic E-state index is 11.6. The largest absolute Gasteiger partial charge is 0.497 e. The molecule has 0 spiro atoms. The van der Waals surface area contributed by atoms with Crippen LogP contribution in [0.15, 0.2) is 18.2 Å². The van der Waals surface area contributed by atoms with Gasteiger partial charge in [-0.2, -0.15) is 0 Å². The number of rotatable bonds is 2. The number of carbonyl (C=O) groups excluding carboxylic acids is 2. The van der Waals surface area contributed by atoms with E-state index < -0.39 is 0 Å². The van der Waals surface area contributed by atoms with Crippen molar-refractivity contribution in [2.75, 3.05) is 7.11 Å². The van der Waals surface area contributed by atoms with Gasteiger partial charge in [-0.1, -0.05) is 0 Å². The van der Waals surface area contributed by atoms with Gasteiger partial charge >= 0.3 is 0 Å². The quantitative estimate of drug-likeness (QED) is 0.826. The molecular weight excluding hydrogens is 234 g/mol. The van der Waals surface area contributed by atoms with Crippen molar-refractivity contribution in [2.45, 2.75) is 13.8 Å². The molecule has 0 amide bonds. The van der Waals surface area contributed by atoms with Crippen molar-refractivity contribution >= 4 is 22.6 Å². The Hall–Kier alpha value is -2.30. The molecule has 2 aromatic rings. The molecule has 94 valence electrons. The van der Waals surface area contributed by atoms with Crippen LogP contribution in [0.1, 0.15) is 29.0 Å². The minimum atomic E-state index is -0.363. The van der Waals surface area contributed by atoms with Crippen molar-refractivity contribution in [2.24, 2.45) is 0 Å². The zero-order valence-electron chi connectivity index (χ0n) is 10.4. The number of hydrogen-bond acceptors (Lipinski definition) is 4. The summed E-state index contributed by atoms with van der Waals surface area (Å²) >= 11 is 0. The average Bonchev–Trinajstić information content (AvgIpc) is 2.59. The third-order valence-electron chi connectivity index (χ3n) is 2.82. The Bertz CT molecular complexity index is 655. The molecule has 0 saturated heterocycles. The Labute approximate surface area is 104 Å². The van der Waals surface area contributed by atoms with Gasteiger partial charge in [-0.25, -0.2) is 4.57 Å². The molecule has 0 fully saturated rings. The monoisotopic (exact) mass is 247 g/mol. The van der Waals surface area contributed by atoms with E-state index in [1.165, 1.54) is 21.0 Å². The van der Waals surface area contributed by atoms with Crippen molar-refractivity contribution < 1.29 is 19.4 Å². The van der Waals surface area contributed by atoms with Crippen LogP contribution in [0, 0.1) is 0 Å². The molecule has 2 rings (SSSR count). The van der Waals surface area contributed by atoms with E-state index in [1.54, 1.807) is 18.2 Å². The molecule has 0 atom stereocenters. The van der Waals surface area contributed by atoms with Crippen LogP contribution in [-0.4, -0.2) is 28.5 Å². The van der Waals surface area contributed by atoms with Gasteiger partial charge in [-0.15, -0.1) is 0 Å². The predicted octanol–water partition coefficient (Wildman–Crippen LogP) is 2.22. The highest BCUT2D eigenvalue weighted by atomic mass is 16.5. The maximum absolute atomic E-state index is 11.6. The first-order valence-electron chi connectivity index (χ1n) is 5.40. The number of ether oxygens (including phenoxy) is 1. The summed E-state index contributed by atoms with van der Waals surface area (Å²) in [6, 6.07) is 4.95. The summed E-state index contributed by atoms with van der Waals surface area (Å²) in [6.45, 7) is 2.67. The van der Waals surface area contributed by atoms with Crippen molar-refractivity contribution in [3.63, 3.8) is 0 Å². The number of methoxy groups -OCH3 is 1. The molecule has 0 aliphatic rings. The van der Waals surface area contributed by atoms with E-state index in [9.17, 15) is 14.7 Å². The van der Waals surface area contributed by atoms with Crippen molar-refractivity contribution in [3.8, 4) is 11.6 Å². The van der Waals surface area contributed by atoms with Crippen molar-refractivity contribution in [1.82, 2.24) is 4.57 Å². The molecule has 1 aromatic carbocycles. The highest BCUT2D eigenvalue weighted by Crippen LogP contribution is 2.33. The summed E-state index contributed by atoms with van der Waals surface area (Å²) in [4.78, 5) is 23.1. The average molecular weight is 247 g/mol. The smallest absolute Gasteiger partial charge is 0.230 e. The van der Waals surface area contributed by atoms with Gasteiger partial charge in [0.25, 0.3) is 0 Å². The van der Waals surface area contributed by atoms with Gasteiger partial charge in [0.15, 0.2) is 5.78 Å². The third-order valence-corrected chi connectivity index (χ3v) is 2.82. The van der Waals surface area contributed by atoms with Gasteiger partial charge < -0.3 is 9.84 Å². The van der Waals surface area contributed by atoms with Crippen LogP contribution in [0.5, 0.6) is 11.6 Å². The van der Waals surface area contributed by atoms with Gasteiger partial charge in [0.05, 0.1) is 18.2 Å². The van der Waals surface area contributed by atoms with Crippen LogP contribution in [0.3, 0.4) is 0 Å². The first kappa shape index (κ1) is 12.2. The zero-order chi connectivity index (χ0) is 13.4. The Kier molecular flexibility index (Phi) is 2.82. The maximum Gasteiger partial charge on any atom is 0.230 e. The minimum absolute atomic E-state index is 0.155. The highest BCUT2D eigenvalue weighted by molar-refractivity contribution is 6.12. The van der Waals surface area contributed by atoms with Crippen molar-refractivity contribution in [1.29, 1.82) is 0 Å². The van der Waals surface area contributed by atoms with E-state index in [4.69, 9.17) is 4.74 Å². The summed E-state index contributed by atoms with van der Waals surface area (Å²) in [7, 11) is 1.51. The number of Topliss-reactive ketones (excluding diaryl/α,β-unsaturated/α-hetero) is 1. The van der Waals surface area contributed by atoms with E-state index in [1.807, 2.05) is 0 Å². The van der Waals surface area contributed by atoms with Crippen LogP contribution >= 0.6 is 0 Å². The normalized spacial score (nSPS) is 10.6. The predicted molar refractivity (Wildman–Crippen MR) is 66.5 cm³/mol. The number of benzene rings is 1. The molecule has 1 N–H and O–H groups in total. The second kappa shape index (κ2) is 4.18. The van der Waals surface area contributed by atoms with Crippen LogP contribution in [0.4, 0.5) is 0 Å². The summed E-state index contributed by atoms with van der Waals surface area (Å²) in [5, 5.41) is 10.5. The van der Waals surface area contributed by atoms with Crippen LogP contribution in [-0.2, 0) is 0 Å². The molecule has 18 heavy (non-hydrogen) atoms. The Balaban J connectivity index is 2.92. The summed E-state index contributed by atoms with van der Waals surface area (Å²) in [5.74, 6) is -0.420.